The molecule has 25 heavy (non-hydrogen) atoms. The second kappa shape index (κ2) is 7.97. The third kappa shape index (κ3) is 4.58. The molecule has 1 fully saturated rings. The summed E-state index contributed by atoms with van der Waals surface area (Å²) < 4.78 is 24.9. The molecular weight excluding hydrogens is 334 g/mol. The zero-order valence-corrected chi connectivity index (χ0v) is 15.5. The molecule has 134 valence electrons. The third-order valence-corrected chi connectivity index (χ3v) is 6.41. The molecule has 0 bridgehead atoms. The van der Waals surface area contributed by atoms with Crippen LogP contribution in [0.1, 0.15) is 12.0 Å². The van der Waals surface area contributed by atoms with Crippen molar-refractivity contribution in [2.45, 2.75) is 18.2 Å². The van der Waals surface area contributed by atoms with Gasteiger partial charge < -0.3 is 9.80 Å². The van der Waals surface area contributed by atoms with Gasteiger partial charge in [-0.15, -0.1) is 0 Å². The smallest absolute Gasteiger partial charge is 0.179 e. The Morgan fingerprint density at radius 3 is 2.60 bits per heavy atom. The number of pyridine rings is 1. The van der Waals surface area contributed by atoms with E-state index in [0.29, 0.717) is 11.4 Å². The van der Waals surface area contributed by atoms with Gasteiger partial charge >= 0.3 is 0 Å². The molecule has 1 aliphatic rings. The van der Waals surface area contributed by atoms with Gasteiger partial charge in [-0.1, -0.05) is 18.2 Å². The molecule has 2 aromatic rings. The summed E-state index contributed by atoms with van der Waals surface area (Å²) in [4.78, 5) is 9.21. The van der Waals surface area contributed by atoms with Gasteiger partial charge in [-0.05, 0) is 43.7 Å². The summed E-state index contributed by atoms with van der Waals surface area (Å²) in [6.07, 6.45) is 4.76. The predicted molar refractivity (Wildman–Crippen MR) is 101 cm³/mol. The van der Waals surface area contributed by atoms with Gasteiger partial charge in [-0.2, -0.15) is 0 Å². The average molecular weight is 359 g/mol. The van der Waals surface area contributed by atoms with E-state index < -0.39 is 9.84 Å². The van der Waals surface area contributed by atoms with Crippen molar-refractivity contribution in [3.63, 3.8) is 0 Å². The molecule has 0 aliphatic carbocycles. The number of rotatable bonds is 5. The van der Waals surface area contributed by atoms with E-state index in [1.54, 1.807) is 24.3 Å². The summed E-state index contributed by atoms with van der Waals surface area (Å²) in [6, 6.07) is 10.8. The Morgan fingerprint density at radius 1 is 1.04 bits per heavy atom. The zero-order valence-electron chi connectivity index (χ0n) is 14.6. The van der Waals surface area contributed by atoms with E-state index in [-0.39, 0.29) is 5.75 Å². The maximum absolute atomic E-state index is 12.4. The molecule has 0 spiro atoms. The molecule has 0 unspecified atom stereocenters. The maximum atomic E-state index is 12.4. The number of aromatic nitrogens is 1. The quantitative estimate of drug-likeness (QED) is 0.820. The van der Waals surface area contributed by atoms with E-state index in [2.05, 4.69) is 27.8 Å². The lowest BCUT2D eigenvalue weighted by molar-refractivity contribution is 0.310. The number of sulfone groups is 1. The maximum Gasteiger partial charge on any atom is 0.179 e. The first-order chi connectivity index (χ1) is 12.1. The SMILES string of the molecule is Cc1cnccc1N1CCCN(CCS(=O)(=O)c2ccccc2)CC1. The van der Waals surface area contributed by atoms with Crippen LogP contribution in [0.2, 0.25) is 0 Å². The molecule has 0 amide bonds. The minimum atomic E-state index is -3.21. The second-order valence-electron chi connectivity index (χ2n) is 6.48. The van der Waals surface area contributed by atoms with Gasteiger partial charge in [0, 0.05) is 44.3 Å². The first-order valence-electron chi connectivity index (χ1n) is 8.72. The summed E-state index contributed by atoms with van der Waals surface area (Å²) >= 11 is 0. The number of anilines is 1. The topological polar surface area (TPSA) is 53.5 Å². The van der Waals surface area contributed by atoms with E-state index >= 15 is 0 Å². The highest BCUT2D eigenvalue weighted by Crippen LogP contribution is 2.20. The lowest BCUT2D eigenvalue weighted by Gasteiger charge is -2.25. The minimum Gasteiger partial charge on any atom is -0.370 e. The molecule has 0 saturated carbocycles. The Labute approximate surface area is 150 Å². The molecule has 0 radical (unpaired) electrons. The Kier molecular flexibility index (Phi) is 5.71. The number of nitrogens with zero attached hydrogens (tertiary/aromatic N) is 3. The van der Waals surface area contributed by atoms with Gasteiger partial charge in [0.05, 0.1) is 10.6 Å². The van der Waals surface area contributed by atoms with E-state index in [9.17, 15) is 8.42 Å². The number of benzene rings is 1. The first-order valence-corrected chi connectivity index (χ1v) is 10.4. The van der Waals surface area contributed by atoms with Crippen molar-refractivity contribution >= 4 is 15.5 Å². The second-order valence-corrected chi connectivity index (χ2v) is 8.59. The van der Waals surface area contributed by atoms with Crippen LogP contribution in [0.25, 0.3) is 0 Å². The van der Waals surface area contributed by atoms with E-state index in [1.165, 1.54) is 11.3 Å². The fourth-order valence-electron chi connectivity index (χ4n) is 3.25. The van der Waals surface area contributed by atoms with Gasteiger partial charge in [0.15, 0.2) is 9.84 Å². The van der Waals surface area contributed by atoms with Gasteiger partial charge in [0.2, 0.25) is 0 Å². The summed E-state index contributed by atoms with van der Waals surface area (Å²) in [5.41, 5.74) is 2.41. The molecule has 2 heterocycles. The summed E-state index contributed by atoms with van der Waals surface area (Å²) in [5.74, 6) is 0.172. The van der Waals surface area contributed by atoms with Crippen LogP contribution in [0.5, 0.6) is 0 Å². The van der Waals surface area contributed by atoms with E-state index in [0.717, 1.165) is 32.6 Å². The highest BCUT2D eigenvalue weighted by Gasteiger charge is 2.19. The molecular formula is C19H25N3O2S. The Balaban J connectivity index is 1.58. The number of aryl methyl sites for hydroxylation is 1. The zero-order chi connectivity index (χ0) is 17.7. The van der Waals surface area contributed by atoms with E-state index in [4.69, 9.17) is 0 Å². The average Bonchev–Trinajstić information content (AvgIpc) is 2.87. The number of hydrogen-bond acceptors (Lipinski definition) is 5. The Hall–Kier alpha value is -1.92. The lowest BCUT2D eigenvalue weighted by Crippen LogP contribution is -2.34. The van der Waals surface area contributed by atoms with Crippen molar-refractivity contribution in [3.8, 4) is 0 Å². The van der Waals surface area contributed by atoms with Gasteiger partial charge in [-0.25, -0.2) is 8.42 Å². The molecule has 1 aromatic carbocycles. The highest BCUT2D eigenvalue weighted by atomic mass is 32.2. The van der Waals surface area contributed by atoms with Crippen molar-refractivity contribution in [2.75, 3.05) is 43.4 Å². The van der Waals surface area contributed by atoms with E-state index in [1.807, 2.05) is 18.5 Å². The number of hydrogen-bond donors (Lipinski definition) is 0. The van der Waals surface area contributed by atoms with Crippen molar-refractivity contribution in [2.24, 2.45) is 0 Å². The van der Waals surface area contributed by atoms with Crippen LogP contribution in [0.3, 0.4) is 0 Å². The van der Waals surface area contributed by atoms with Crippen LogP contribution < -0.4 is 4.90 Å². The van der Waals surface area contributed by atoms with Crippen LogP contribution in [-0.4, -0.2) is 56.8 Å². The predicted octanol–water partition coefficient (Wildman–Crippen LogP) is 2.38. The molecule has 0 atom stereocenters. The van der Waals surface area contributed by atoms with Crippen LogP contribution in [-0.2, 0) is 9.84 Å². The van der Waals surface area contributed by atoms with Crippen molar-refractivity contribution in [3.05, 3.63) is 54.4 Å². The normalized spacial score (nSPS) is 16.6. The van der Waals surface area contributed by atoms with Crippen molar-refractivity contribution in [1.29, 1.82) is 0 Å². The highest BCUT2D eigenvalue weighted by molar-refractivity contribution is 7.91. The Bertz CT molecular complexity index is 793. The molecule has 6 heteroatoms. The van der Waals surface area contributed by atoms with Crippen LogP contribution >= 0.6 is 0 Å². The fraction of sp³-hybridized carbons (Fsp3) is 0.421. The molecule has 1 aromatic heterocycles. The van der Waals surface area contributed by atoms with Crippen molar-refractivity contribution in [1.82, 2.24) is 9.88 Å². The lowest BCUT2D eigenvalue weighted by atomic mass is 10.2. The molecule has 1 saturated heterocycles. The molecule has 1 aliphatic heterocycles. The summed E-state index contributed by atoms with van der Waals surface area (Å²) in [6.45, 7) is 6.39. The summed E-state index contributed by atoms with van der Waals surface area (Å²) in [7, 11) is -3.21. The van der Waals surface area contributed by atoms with Gasteiger partial charge in [0.25, 0.3) is 0 Å². The standard InChI is InChI=1S/C19H25N3O2S/c1-17-16-20-9-8-19(17)22-11-5-10-21(12-13-22)14-15-25(23,24)18-6-3-2-4-7-18/h2-4,6-9,16H,5,10-15H2,1H3. The van der Waals surface area contributed by atoms with Crippen LogP contribution in [0.15, 0.2) is 53.7 Å². The molecule has 0 N–H and O–H groups in total. The summed E-state index contributed by atoms with van der Waals surface area (Å²) in [5, 5.41) is 0. The van der Waals surface area contributed by atoms with Gasteiger partial charge in [0.1, 0.15) is 0 Å². The van der Waals surface area contributed by atoms with Gasteiger partial charge in [-0.3, -0.25) is 4.98 Å². The fourth-order valence-corrected chi connectivity index (χ4v) is 4.56. The molecule has 5 nitrogen and oxygen atoms in total. The van der Waals surface area contributed by atoms with Crippen LogP contribution in [0, 0.1) is 6.92 Å². The largest absolute Gasteiger partial charge is 0.370 e. The monoisotopic (exact) mass is 359 g/mol. The minimum absolute atomic E-state index is 0.172. The third-order valence-electron chi connectivity index (χ3n) is 4.70. The molecule has 3 rings (SSSR count). The van der Waals surface area contributed by atoms with Crippen LogP contribution in [0.4, 0.5) is 5.69 Å². The first kappa shape index (κ1) is 17.9. The Morgan fingerprint density at radius 2 is 1.84 bits per heavy atom. The van der Waals surface area contributed by atoms with Crippen molar-refractivity contribution < 1.29 is 8.42 Å².